The number of amides is 1. The number of aromatic nitrogens is 3. The maximum absolute atomic E-state index is 11.3. The average Bonchev–Trinajstić information content (AvgIpc) is 3.06. The van der Waals surface area contributed by atoms with Gasteiger partial charge in [0.1, 0.15) is 5.82 Å². The molecule has 2 aromatic rings. The van der Waals surface area contributed by atoms with Gasteiger partial charge < -0.3 is 5.32 Å². The number of terminal acetylenes is 1. The number of aromatic amines is 1. The summed E-state index contributed by atoms with van der Waals surface area (Å²) in [5.74, 6) is 3.29. The molecule has 0 atom stereocenters. The van der Waals surface area contributed by atoms with Crippen LogP contribution in [-0.4, -0.2) is 33.4 Å². The van der Waals surface area contributed by atoms with E-state index in [2.05, 4.69) is 26.4 Å². The fourth-order valence-electron chi connectivity index (χ4n) is 1.33. The van der Waals surface area contributed by atoms with E-state index in [0.717, 1.165) is 12.2 Å². The molecule has 0 fully saturated rings. The molecule has 0 aliphatic carbocycles. The molecule has 0 aromatic carbocycles. The zero-order valence-corrected chi connectivity index (χ0v) is 11.7. The molecule has 19 heavy (non-hydrogen) atoms. The first kappa shape index (κ1) is 13.6. The van der Waals surface area contributed by atoms with E-state index < -0.39 is 0 Å². The summed E-state index contributed by atoms with van der Waals surface area (Å²) in [5.41, 5.74) is 0. The molecule has 0 unspecified atom stereocenters. The molecular formula is C12H12N4OS2. The largest absolute Gasteiger partial charge is 0.344 e. The number of carbonyl (C=O) groups excluding carboxylic acids is 1. The Kier molecular flexibility index (Phi) is 5.01. The third kappa shape index (κ3) is 4.43. The number of carbonyl (C=O) groups is 1. The van der Waals surface area contributed by atoms with Gasteiger partial charge in [-0.1, -0.05) is 23.7 Å². The topological polar surface area (TPSA) is 70.7 Å². The summed E-state index contributed by atoms with van der Waals surface area (Å²) in [5, 5.41) is 12.1. The zero-order valence-electron chi connectivity index (χ0n) is 10.0. The van der Waals surface area contributed by atoms with E-state index in [1.165, 1.54) is 16.6 Å². The molecular weight excluding hydrogens is 280 g/mol. The van der Waals surface area contributed by atoms with Crippen LogP contribution in [-0.2, 0) is 11.2 Å². The minimum atomic E-state index is -0.118. The van der Waals surface area contributed by atoms with Gasteiger partial charge in [0.2, 0.25) is 11.1 Å². The van der Waals surface area contributed by atoms with Gasteiger partial charge in [0.05, 0.1) is 12.3 Å². The van der Waals surface area contributed by atoms with E-state index in [1.807, 2.05) is 17.5 Å². The lowest BCUT2D eigenvalue weighted by molar-refractivity contribution is -0.118. The second-order valence-corrected chi connectivity index (χ2v) is 5.57. The van der Waals surface area contributed by atoms with Gasteiger partial charge in [0.15, 0.2) is 0 Å². The Bertz CT molecular complexity index is 571. The van der Waals surface area contributed by atoms with E-state index in [-0.39, 0.29) is 18.2 Å². The lowest BCUT2D eigenvalue weighted by atomic mass is 10.3. The minimum Gasteiger partial charge on any atom is -0.344 e. The van der Waals surface area contributed by atoms with Crippen LogP contribution in [0.4, 0.5) is 0 Å². The Morgan fingerprint density at radius 2 is 2.53 bits per heavy atom. The van der Waals surface area contributed by atoms with Crippen molar-refractivity contribution >= 4 is 29.0 Å². The van der Waals surface area contributed by atoms with E-state index in [1.54, 1.807) is 11.3 Å². The quantitative estimate of drug-likeness (QED) is 0.622. The molecule has 2 rings (SSSR count). The number of nitrogens with zero attached hydrogens (tertiary/aromatic N) is 2. The molecule has 0 aliphatic rings. The first-order valence-electron chi connectivity index (χ1n) is 5.54. The van der Waals surface area contributed by atoms with Gasteiger partial charge in [-0.2, -0.15) is 0 Å². The smallest absolute Gasteiger partial charge is 0.231 e. The highest BCUT2D eigenvalue weighted by molar-refractivity contribution is 7.99. The summed E-state index contributed by atoms with van der Waals surface area (Å²) in [6, 6.07) is 4.05. The number of hydrogen-bond donors (Lipinski definition) is 2. The molecule has 2 aromatic heterocycles. The highest BCUT2D eigenvalue weighted by Gasteiger charge is 2.07. The average molecular weight is 292 g/mol. The van der Waals surface area contributed by atoms with Gasteiger partial charge in [-0.05, 0) is 11.4 Å². The third-order valence-electron chi connectivity index (χ3n) is 2.15. The standard InChI is InChI=1S/C12H12N4OS2/c1-2-5-13-11(17)8-19-12-14-10(15-16-12)7-9-4-3-6-18-9/h1,3-4,6H,5,7-8H2,(H,13,17)(H,14,15,16). The van der Waals surface area contributed by atoms with Gasteiger partial charge >= 0.3 is 0 Å². The van der Waals surface area contributed by atoms with E-state index in [4.69, 9.17) is 6.42 Å². The number of nitrogens with one attached hydrogen (secondary N) is 2. The Morgan fingerprint density at radius 1 is 1.63 bits per heavy atom. The Labute approximate surface area is 119 Å². The van der Waals surface area contributed by atoms with Crippen molar-refractivity contribution in [3.8, 4) is 12.3 Å². The van der Waals surface area contributed by atoms with Crippen LogP contribution in [0.5, 0.6) is 0 Å². The molecule has 0 radical (unpaired) electrons. The fraction of sp³-hybridized carbons (Fsp3) is 0.250. The van der Waals surface area contributed by atoms with Crippen LogP contribution in [0.25, 0.3) is 0 Å². The van der Waals surface area contributed by atoms with Gasteiger partial charge in [-0.15, -0.1) is 22.9 Å². The normalized spacial score (nSPS) is 10.1. The van der Waals surface area contributed by atoms with Crippen molar-refractivity contribution in [1.29, 1.82) is 0 Å². The number of thioether (sulfide) groups is 1. The number of hydrogen-bond acceptors (Lipinski definition) is 5. The summed E-state index contributed by atoms with van der Waals surface area (Å²) in [6.07, 6.45) is 5.78. The van der Waals surface area contributed by atoms with E-state index >= 15 is 0 Å². The molecule has 0 bridgehead atoms. The molecule has 0 spiro atoms. The second-order valence-electron chi connectivity index (χ2n) is 3.59. The maximum atomic E-state index is 11.3. The number of thiophene rings is 1. The number of rotatable bonds is 6. The van der Waals surface area contributed by atoms with Crippen LogP contribution in [0.15, 0.2) is 22.7 Å². The summed E-state index contributed by atoms with van der Waals surface area (Å²) in [6.45, 7) is 0.247. The van der Waals surface area contributed by atoms with Gasteiger partial charge in [0, 0.05) is 11.3 Å². The summed E-state index contributed by atoms with van der Waals surface area (Å²) in [7, 11) is 0. The molecule has 0 saturated carbocycles. The fourth-order valence-corrected chi connectivity index (χ4v) is 2.69. The summed E-state index contributed by atoms with van der Waals surface area (Å²) < 4.78 is 0. The molecule has 5 nitrogen and oxygen atoms in total. The molecule has 0 aliphatic heterocycles. The summed E-state index contributed by atoms with van der Waals surface area (Å²) in [4.78, 5) is 16.9. The zero-order chi connectivity index (χ0) is 13.5. The minimum absolute atomic E-state index is 0.118. The van der Waals surface area contributed by atoms with Crippen molar-refractivity contribution in [2.24, 2.45) is 0 Å². The monoisotopic (exact) mass is 292 g/mol. The van der Waals surface area contributed by atoms with Crippen molar-refractivity contribution in [2.45, 2.75) is 11.6 Å². The highest BCUT2D eigenvalue weighted by atomic mass is 32.2. The van der Waals surface area contributed by atoms with E-state index in [0.29, 0.717) is 5.16 Å². The predicted molar refractivity (Wildman–Crippen MR) is 76.1 cm³/mol. The highest BCUT2D eigenvalue weighted by Crippen LogP contribution is 2.15. The van der Waals surface area contributed by atoms with Crippen molar-refractivity contribution in [2.75, 3.05) is 12.3 Å². The van der Waals surface area contributed by atoms with Crippen LogP contribution < -0.4 is 5.32 Å². The van der Waals surface area contributed by atoms with Crippen molar-refractivity contribution in [1.82, 2.24) is 20.5 Å². The lowest BCUT2D eigenvalue weighted by Gasteiger charge is -1.97. The van der Waals surface area contributed by atoms with Gasteiger partial charge in [0.25, 0.3) is 0 Å². The Morgan fingerprint density at radius 3 is 3.26 bits per heavy atom. The summed E-state index contributed by atoms with van der Waals surface area (Å²) >= 11 is 2.96. The Hall–Kier alpha value is -1.78. The second kappa shape index (κ2) is 6.97. The van der Waals surface area contributed by atoms with Crippen molar-refractivity contribution < 1.29 is 4.79 Å². The lowest BCUT2D eigenvalue weighted by Crippen LogP contribution is -2.25. The van der Waals surface area contributed by atoms with Crippen LogP contribution >= 0.6 is 23.1 Å². The van der Waals surface area contributed by atoms with Crippen molar-refractivity contribution in [3.05, 3.63) is 28.2 Å². The Balaban J connectivity index is 1.81. The van der Waals surface area contributed by atoms with Gasteiger partial charge in [-0.3, -0.25) is 9.89 Å². The molecule has 2 N–H and O–H groups in total. The van der Waals surface area contributed by atoms with Gasteiger partial charge in [-0.25, -0.2) is 4.98 Å². The molecule has 98 valence electrons. The van der Waals surface area contributed by atoms with Crippen molar-refractivity contribution in [3.63, 3.8) is 0 Å². The SMILES string of the molecule is C#CCNC(=O)CSc1n[nH]c(Cc2cccs2)n1. The molecule has 1 amide bonds. The van der Waals surface area contributed by atoms with Crippen LogP contribution in [0.2, 0.25) is 0 Å². The van der Waals surface area contributed by atoms with Crippen LogP contribution in [0.1, 0.15) is 10.7 Å². The van der Waals surface area contributed by atoms with E-state index in [9.17, 15) is 4.79 Å². The van der Waals surface area contributed by atoms with Crippen LogP contribution in [0, 0.1) is 12.3 Å². The molecule has 2 heterocycles. The molecule has 0 saturated heterocycles. The predicted octanol–water partition coefficient (Wildman–Crippen LogP) is 1.30. The number of H-pyrrole nitrogens is 1. The van der Waals surface area contributed by atoms with Crippen LogP contribution in [0.3, 0.4) is 0 Å². The first-order chi connectivity index (χ1) is 9.28. The third-order valence-corrected chi connectivity index (χ3v) is 3.88. The first-order valence-corrected chi connectivity index (χ1v) is 7.41. The maximum Gasteiger partial charge on any atom is 0.231 e. The molecule has 7 heteroatoms.